The van der Waals surface area contributed by atoms with Crippen molar-refractivity contribution >= 4 is 33.2 Å². The molecule has 0 aliphatic carbocycles. The molecule has 29 heavy (non-hydrogen) atoms. The van der Waals surface area contributed by atoms with Gasteiger partial charge >= 0.3 is 0 Å². The summed E-state index contributed by atoms with van der Waals surface area (Å²) in [5, 5.41) is 3.01. The smallest absolute Gasteiger partial charge is 0.255 e. The minimum atomic E-state index is -3.64. The Morgan fingerprint density at radius 3 is 2.28 bits per heavy atom. The molecule has 2 aromatic rings. The number of ether oxygens (including phenoxy) is 2. The number of anilines is 1. The quantitative estimate of drug-likeness (QED) is 0.741. The predicted molar refractivity (Wildman–Crippen MR) is 112 cm³/mol. The number of hydrogen-bond acceptors (Lipinski definition) is 5. The SMILES string of the molecule is COc1ccc(C(=O)Nc2cc(S(=O)(=O)N3CCCCC3)ccc2OC)cc1Cl. The lowest BCUT2D eigenvalue weighted by molar-refractivity contribution is 0.102. The van der Waals surface area contributed by atoms with Crippen LogP contribution >= 0.6 is 11.6 Å². The van der Waals surface area contributed by atoms with Gasteiger partial charge in [0.1, 0.15) is 11.5 Å². The zero-order valence-corrected chi connectivity index (χ0v) is 17.8. The van der Waals surface area contributed by atoms with Crippen molar-refractivity contribution in [2.45, 2.75) is 24.2 Å². The van der Waals surface area contributed by atoms with Crippen LogP contribution in [0.1, 0.15) is 29.6 Å². The maximum atomic E-state index is 13.0. The number of halogens is 1. The number of amides is 1. The summed E-state index contributed by atoms with van der Waals surface area (Å²) in [6.07, 6.45) is 2.72. The van der Waals surface area contributed by atoms with Gasteiger partial charge in [-0.05, 0) is 49.2 Å². The van der Waals surface area contributed by atoms with Crippen LogP contribution in [-0.4, -0.2) is 45.9 Å². The van der Waals surface area contributed by atoms with Crippen LogP contribution in [0.2, 0.25) is 5.02 Å². The fourth-order valence-corrected chi connectivity index (χ4v) is 5.00. The molecule has 3 rings (SSSR count). The molecule has 1 saturated heterocycles. The fourth-order valence-electron chi connectivity index (χ4n) is 3.20. The molecule has 0 unspecified atom stereocenters. The lowest BCUT2D eigenvalue weighted by atomic mass is 10.2. The second kappa shape index (κ2) is 9.02. The van der Waals surface area contributed by atoms with Gasteiger partial charge in [0.2, 0.25) is 10.0 Å². The van der Waals surface area contributed by atoms with Crippen LogP contribution in [-0.2, 0) is 10.0 Å². The van der Waals surface area contributed by atoms with Gasteiger partial charge in [0, 0.05) is 18.7 Å². The highest BCUT2D eigenvalue weighted by Crippen LogP contribution is 2.31. The summed E-state index contributed by atoms with van der Waals surface area (Å²) < 4.78 is 37.8. The number of piperidine rings is 1. The minimum Gasteiger partial charge on any atom is -0.495 e. The van der Waals surface area contributed by atoms with Crippen molar-refractivity contribution < 1.29 is 22.7 Å². The van der Waals surface area contributed by atoms with E-state index in [-0.39, 0.29) is 10.6 Å². The van der Waals surface area contributed by atoms with E-state index in [1.165, 1.54) is 42.8 Å². The van der Waals surface area contributed by atoms with Crippen molar-refractivity contribution in [3.8, 4) is 11.5 Å². The summed E-state index contributed by atoms with van der Waals surface area (Å²) >= 11 is 6.09. The number of carbonyl (C=O) groups is 1. The number of benzene rings is 2. The van der Waals surface area contributed by atoms with E-state index >= 15 is 0 Å². The van der Waals surface area contributed by atoms with E-state index in [0.29, 0.717) is 35.2 Å². The highest BCUT2D eigenvalue weighted by Gasteiger charge is 2.27. The number of methoxy groups -OCH3 is 2. The Kier molecular flexibility index (Phi) is 6.66. The molecule has 0 radical (unpaired) electrons. The Bertz CT molecular complexity index is 1000. The first-order valence-electron chi connectivity index (χ1n) is 9.20. The van der Waals surface area contributed by atoms with Crippen molar-refractivity contribution in [2.75, 3.05) is 32.6 Å². The number of nitrogens with one attached hydrogen (secondary N) is 1. The summed E-state index contributed by atoms with van der Waals surface area (Å²) in [6, 6.07) is 9.09. The van der Waals surface area contributed by atoms with Crippen molar-refractivity contribution in [3.05, 3.63) is 47.0 Å². The topological polar surface area (TPSA) is 84.9 Å². The van der Waals surface area contributed by atoms with Crippen molar-refractivity contribution in [1.29, 1.82) is 0 Å². The summed E-state index contributed by atoms with van der Waals surface area (Å²) in [4.78, 5) is 12.8. The molecular weight excluding hydrogens is 416 g/mol. The molecule has 0 spiro atoms. The van der Waals surface area contributed by atoms with Gasteiger partial charge in [-0.3, -0.25) is 4.79 Å². The maximum absolute atomic E-state index is 13.0. The van der Waals surface area contributed by atoms with Gasteiger partial charge in [-0.15, -0.1) is 0 Å². The van der Waals surface area contributed by atoms with E-state index in [4.69, 9.17) is 21.1 Å². The minimum absolute atomic E-state index is 0.114. The monoisotopic (exact) mass is 438 g/mol. The Morgan fingerprint density at radius 2 is 1.66 bits per heavy atom. The maximum Gasteiger partial charge on any atom is 0.255 e. The number of carbonyl (C=O) groups excluding carboxylic acids is 1. The van der Waals surface area contributed by atoms with Gasteiger partial charge in [-0.2, -0.15) is 4.31 Å². The molecule has 156 valence electrons. The van der Waals surface area contributed by atoms with E-state index in [1.807, 2.05) is 0 Å². The van der Waals surface area contributed by atoms with E-state index in [0.717, 1.165) is 19.3 Å². The van der Waals surface area contributed by atoms with Gasteiger partial charge < -0.3 is 14.8 Å². The first-order valence-corrected chi connectivity index (χ1v) is 11.0. The number of nitrogens with zero attached hydrogens (tertiary/aromatic N) is 1. The van der Waals surface area contributed by atoms with Crippen LogP contribution in [0.15, 0.2) is 41.3 Å². The number of hydrogen-bond donors (Lipinski definition) is 1. The Balaban J connectivity index is 1.89. The van der Waals surface area contributed by atoms with Crippen LogP contribution in [0, 0.1) is 0 Å². The van der Waals surface area contributed by atoms with Gasteiger partial charge in [-0.1, -0.05) is 18.0 Å². The Hall–Kier alpha value is -2.29. The second-order valence-corrected chi connectivity index (χ2v) is 8.98. The van der Waals surface area contributed by atoms with E-state index < -0.39 is 15.9 Å². The molecule has 0 aromatic heterocycles. The van der Waals surface area contributed by atoms with Crippen molar-refractivity contribution in [3.63, 3.8) is 0 Å². The largest absolute Gasteiger partial charge is 0.495 e. The first kappa shape index (κ1) is 21.4. The van der Waals surface area contributed by atoms with Crippen LogP contribution in [0.4, 0.5) is 5.69 Å². The first-order chi connectivity index (χ1) is 13.9. The summed E-state index contributed by atoms with van der Waals surface area (Å²) in [5.74, 6) is 0.367. The van der Waals surface area contributed by atoms with E-state index in [9.17, 15) is 13.2 Å². The molecule has 1 heterocycles. The molecule has 1 N–H and O–H groups in total. The second-order valence-electron chi connectivity index (χ2n) is 6.63. The zero-order chi connectivity index (χ0) is 21.0. The lowest BCUT2D eigenvalue weighted by Crippen LogP contribution is -2.35. The third-order valence-corrected chi connectivity index (χ3v) is 6.98. The lowest BCUT2D eigenvalue weighted by Gasteiger charge is -2.26. The summed E-state index contributed by atoms with van der Waals surface area (Å²) in [6.45, 7) is 1.00. The molecule has 1 amide bonds. The molecule has 1 aliphatic rings. The molecule has 0 bridgehead atoms. The van der Waals surface area contributed by atoms with E-state index in [2.05, 4.69) is 5.32 Å². The van der Waals surface area contributed by atoms with Crippen LogP contribution in [0.3, 0.4) is 0 Å². The average molecular weight is 439 g/mol. The van der Waals surface area contributed by atoms with Crippen molar-refractivity contribution in [2.24, 2.45) is 0 Å². The zero-order valence-electron chi connectivity index (χ0n) is 16.3. The third-order valence-electron chi connectivity index (χ3n) is 4.79. The molecule has 1 aliphatic heterocycles. The molecule has 0 saturated carbocycles. The molecular formula is C20H23ClN2O5S. The van der Waals surface area contributed by atoms with Gasteiger partial charge in [-0.25, -0.2) is 8.42 Å². The van der Waals surface area contributed by atoms with Crippen LogP contribution < -0.4 is 14.8 Å². The molecule has 2 aromatic carbocycles. The average Bonchev–Trinajstić information content (AvgIpc) is 2.74. The number of sulfonamides is 1. The van der Waals surface area contributed by atoms with Crippen LogP contribution in [0.25, 0.3) is 0 Å². The Labute approximate surface area is 175 Å². The molecule has 9 heteroatoms. The molecule has 0 atom stereocenters. The highest BCUT2D eigenvalue weighted by atomic mass is 35.5. The predicted octanol–water partition coefficient (Wildman–Crippen LogP) is 3.78. The van der Waals surface area contributed by atoms with Gasteiger partial charge in [0.25, 0.3) is 5.91 Å². The number of rotatable bonds is 6. The molecule has 7 nitrogen and oxygen atoms in total. The van der Waals surface area contributed by atoms with E-state index in [1.54, 1.807) is 12.1 Å². The molecule has 1 fully saturated rings. The normalized spacial score (nSPS) is 15.0. The fraction of sp³-hybridized carbons (Fsp3) is 0.350. The Morgan fingerprint density at radius 1 is 1.00 bits per heavy atom. The third kappa shape index (κ3) is 4.66. The summed E-state index contributed by atoms with van der Waals surface area (Å²) in [7, 11) is -0.698. The summed E-state index contributed by atoms with van der Waals surface area (Å²) in [5.41, 5.74) is 0.574. The van der Waals surface area contributed by atoms with Gasteiger partial charge in [0.05, 0.1) is 29.8 Å². The van der Waals surface area contributed by atoms with Crippen molar-refractivity contribution in [1.82, 2.24) is 4.31 Å². The highest BCUT2D eigenvalue weighted by molar-refractivity contribution is 7.89. The van der Waals surface area contributed by atoms with Gasteiger partial charge in [0.15, 0.2) is 0 Å². The van der Waals surface area contributed by atoms with Crippen LogP contribution in [0.5, 0.6) is 11.5 Å². The standard InChI is InChI=1S/C20H23ClN2O5S/c1-27-18-8-6-14(12-16(18)21)20(24)22-17-13-15(7-9-19(17)28-2)29(25,26)23-10-4-3-5-11-23/h6-9,12-13H,3-5,10-11H2,1-2H3,(H,22,24).